The molecule has 1 heterocycles. The molecule has 0 unspecified atom stereocenters. The molecule has 0 spiro atoms. The highest BCUT2D eigenvalue weighted by molar-refractivity contribution is 7.89. The molecule has 0 saturated carbocycles. The maximum Gasteiger partial charge on any atom is 0.241 e. The predicted octanol–water partition coefficient (Wildman–Crippen LogP) is 2.08. The van der Waals surface area contributed by atoms with Crippen molar-refractivity contribution < 1.29 is 17.2 Å². The minimum atomic E-state index is -3.83. The summed E-state index contributed by atoms with van der Waals surface area (Å²) < 4.78 is 44.7. The van der Waals surface area contributed by atoms with Gasteiger partial charge in [0.2, 0.25) is 10.0 Å². The van der Waals surface area contributed by atoms with Gasteiger partial charge in [-0.15, -0.1) is 0 Å². The number of hydrogen-bond acceptors (Lipinski definition) is 4. The Balaban J connectivity index is 2.20. The van der Waals surface area contributed by atoms with Gasteiger partial charge in [0.15, 0.2) is 0 Å². The number of furan rings is 1. The van der Waals surface area contributed by atoms with Crippen LogP contribution in [0.5, 0.6) is 0 Å². The maximum atomic E-state index is 13.2. The first-order valence-electron chi connectivity index (χ1n) is 5.67. The highest BCUT2D eigenvalue weighted by Crippen LogP contribution is 2.15. The zero-order valence-electron chi connectivity index (χ0n) is 10.6. The molecule has 1 aromatic heterocycles. The summed E-state index contributed by atoms with van der Waals surface area (Å²) in [6.45, 7) is 1.73. The van der Waals surface area contributed by atoms with Gasteiger partial charge in [-0.1, -0.05) is 0 Å². The van der Waals surface area contributed by atoms with Gasteiger partial charge in [0, 0.05) is 0 Å². The number of rotatable bonds is 4. The lowest BCUT2D eigenvalue weighted by Crippen LogP contribution is -2.23. The zero-order valence-corrected chi connectivity index (χ0v) is 11.4. The van der Waals surface area contributed by atoms with Crippen LogP contribution in [0.15, 0.2) is 39.6 Å². The van der Waals surface area contributed by atoms with E-state index < -0.39 is 15.8 Å². The van der Waals surface area contributed by atoms with Crippen LogP contribution < -0.4 is 4.72 Å². The van der Waals surface area contributed by atoms with Crippen LogP contribution in [0.2, 0.25) is 0 Å². The number of sulfonamides is 1. The standard InChI is InChI=1S/C13H11FN2O3S/c1-9-2-3-11(19-9)8-16-20(17,18)12-4-5-13(14)10(6-12)7-15/h2-6,16H,8H2,1H3. The summed E-state index contributed by atoms with van der Waals surface area (Å²) in [6.07, 6.45) is 0. The molecule has 0 bridgehead atoms. The number of benzene rings is 1. The lowest BCUT2D eigenvalue weighted by molar-refractivity contribution is 0.475. The molecule has 0 aliphatic rings. The fraction of sp³-hybridized carbons (Fsp3) is 0.154. The molecular formula is C13H11FN2O3S. The lowest BCUT2D eigenvalue weighted by atomic mass is 10.2. The molecule has 20 heavy (non-hydrogen) atoms. The summed E-state index contributed by atoms with van der Waals surface area (Å²) in [4.78, 5) is -0.168. The van der Waals surface area contributed by atoms with E-state index >= 15 is 0 Å². The molecule has 7 heteroatoms. The first-order valence-corrected chi connectivity index (χ1v) is 7.15. The second-order valence-electron chi connectivity index (χ2n) is 4.09. The molecule has 1 aromatic carbocycles. The second kappa shape index (κ2) is 5.45. The van der Waals surface area contributed by atoms with E-state index in [-0.39, 0.29) is 17.0 Å². The quantitative estimate of drug-likeness (QED) is 0.935. The van der Waals surface area contributed by atoms with Crippen LogP contribution in [0.1, 0.15) is 17.1 Å². The van der Waals surface area contributed by atoms with Crippen LogP contribution in [0.4, 0.5) is 4.39 Å². The van der Waals surface area contributed by atoms with Crippen LogP contribution in [0.25, 0.3) is 0 Å². The fourth-order valence-electron chi connectivity index (χ4n) is 1.59. The molecule has 0 amide bonds. The van der Waals surface area contributed by atoms with Gasteiger partial charge >= 0.3 is 0 Å². The van der Waals surface area contributed by atoms with E-state index in [0.717, 1.165) is 18.2 Å². The maximum absolute atomic E-state index is 13.2. The average molecular weight is 294 g/mol. The van der Waals surface area contributed by atoms with Gasteiger partial charge in [-0.25, -0.2) is 17.5 Å². The highest BCUT2D eigenvalue weighted by Gasteiger charge is 2.16. The Morgan fingerprint density at radius 2 is 2.10 bits per heavy atom. The monoisotopic (exact) mass is 294 g/mol. The summed E-state index contributed by atoms with van der Waals surface area (Å²) in [5, 5.41) is 8.70. The third kappa shape index (κ3) is 3.04. The van der Waals surface area contributed by atoms with Gasteiger partial charge in [-0.3, -0.25) is 0 Å². The van der Waals surface area contributed by atoms with E-state index in [9.17, 15) is 12.8 Å². The van der Waals surface area contributed by atoms with E-state index in [4.69, 9.17) is 9.68 Å². The van der Waals surface area contributed by atoms with Crippen LogP contribution >= 0.6 is 0 Å². The number of nitrogens with zero attached hydrogens (tertiary/aromatic N) is 1. The zero-order chi connectivity index (χ0) is 14.8. The molecule has 104 valence electrons. The van der Waals surface area contributed by atoms with E-state index in [0.29, 0.717) is 11.5 Å². The fourth-order valence-corrected chi connectivity index (χ4v) is 2.61. The Kier molecular flexibility index (Phi) is 3.88. The molecule has 5 nitrogen and oxygen atoms in total. The minimum absolute atomic E-state index is 0.0184. The van der Waals surface area contributed by atoms with Crippen molar-refractivity contribution >= 4 is 10.0 Å². The normalized spacial score (nSPS) is 11.2. The third-order valence-electron chi connectivity index (χ3n) is 2.60. The molecule has 2 rings (SSSR count). The third-order valence-corrected chi connectivity index (χ3v) is 4.00. The predicted molar refractivity (Wildman–Crippen MR) is 68.6 cm³/mol. The van der Waals surface area contributed by atoms with Gasteiger partial charge < -0.3 is 4.42 Å². The number of hydrogen-bond donors (Lipinski definition) is 1. The summed E-state index contributed by atoms with van der Waals surface area (Å²) >= 11 is 0. The molecule has 1 N–H and O–H groups in total. The number of nitriles is 1. The van der Waals surface area contributed by atoms with Crippen LogP contribution in [-0.4, -0.2) is 8.42 Å². The van der Waals surface area contributed by atoms with Crippen LogP contribution in [0, 0.1) is 24.1 Å². The summed E-state index contributed by atoms with van der Waals surface area (Å²) in [5.41, 5.74) is -0.318. The Hall–Kier alpha value is -2.17. The van der Waals surface area contributed by atoms with Crippen molar-refractivity contribution in [2.75, 3.05) is 0 Å². The van der Waals surface area contributed by atoms with Gasteiger partial charge in [-0.2, -0.15) is 5.26 Å². The van der Waals surface area contributed by atoms with Gasteiger partial charge in [0.05, 0.1) is 17.0 Å². The number of halogens is 1. The Bertz CT molecular complexity index is 775. The lowest BCUT2D eigenvalue weighted by Gasteiger charge is -2.06. The van der Waals surface area contributed by atoms with Gasteiger partial charge in [-0.05, 0) is 37.3 Å². The summed E-state index contributed by atoms with van der Waals surface area (Å²) in [5.74, 6) is 0.384. The molecule has 0 radical (unpaired) electrons. The highest BCUT2D eigenvalue weighted by atomic mass is 32.2. The summed E-state index contributed by atoms with van der Waals surface area (Å²) in [6, 6.07) is 8.02. The SMILES string of the molecule is Cc1ccc(CNS(=O)(=O)c2ccc(F)c(C#N)c2)o1. The molecule has 2 aromatic rings. The van der Waals surface area contributed by atoms with Crippen molar-refractivity contribution in [3.8, 4) is 6.07 Å². The van der Waals surface area contributed by atoms with Crippen molar-refractivity contribution in [1.82, 2.24) is 4.72 Å². The Labute approximate surface area is 115 Å². The van der Waals surface area contributed by atoms with Crippen molar-refractivity contribution in [1.29, 1.82) is 5.26 Å². The second-order valence-corrected chi connectivity index (χ2v) is 5.86. The molecule has 0 fully saturated rings. The largest absolute Gasteiger partial charge is 0.465 e. The minimum Gasteiger partial charge on any atom is -0.465 e. The van der Waals surface area contributed by atoms with Crippen LogP contribution in [-0.2, 0) is 16.6 Å². The molecule has 0 aliphatic carbocycles. The Morgan fingerprint density at radius 1 is 1.35 bits per heavy atom. The molecule has 0 aliphatic heterocycles. The molecular weight excluding hydrogens is 283 g/mol. The average Bonchev–Trinajstić information content (AvgIpc) is 2.83. The first kappa shape index (κ1) is 14.2. The number of nitrogens with one attached hydrogen (secondary N) is 1. The van der Waals surface area contributed by atoms with Crippen molar-refractivity contribution in [3.05, 3.63) is 53.2 Å². The molecule has 0 saturated heterocycles. The van der Waals surface area contributed by atoms with Crippen LogP contribution in [0.3, 0.4) is 0 Å². The van der Waals surface area contributed by atoms with E-state index in [1.807, 2.05) is 0 Å². The van der Waals surface area contributed by atoms with Gasteiger partial charge in [0.1, 0.15) is 23.4 Å². The van der Waals surface area contributed by atoms with Crippen molar-refractivity contribution in [2.24, 2.45) is 0 Å². The van der Waals surface area contributed by atoms with E-state index in [2.05, 4.69) is 4.72 Å². The smallest absolute Gasteiger partial charge is 0.241 e. The molecule has 0 atom stereocenters. The van der Waals surface area contributed by atoms with E-state index in [1.54, 1.807) is 25.1 Å². The van der Waals surface area contributed by atoms with E-state index in [1.165, 1.54) is 0 Å². The van der Waals surface area contributed by atoms with Gasteiger partial charge in [0.25, 0.3) is 0 Å². The first-order chi connectivity index (χ1) is 9.42. The van der Waals surface area contributed by atoms with Crippen molar-refractivity contribution in [2.45, 2.75) is 18.4 Å². The topological polar surface area (TPSA) is 83.1 Å². The Morgan fingerprint density at radius 3 is 2.70 bits per heavy atom. The van der Waals surface area contributed by atoms with Crippen molar-refractivity contribution in [3.63, 3.8) is 0 Å². The summed E-state index contributed by atoms with van der Waals surface area (Å²) in [7, 11) is -3.83. The number of aryl methyl sites for hydroxylation is 1.